The molecule has 0 saturated carbocycles. The highest BCUT2D eigenvalue weighted by atomic mass is 35.5. The van der Waals surface area contributed by atoms with Gasteiger partial charge in [0.1, 0.15) is 0 Å². The smallest absolute Gasteiger partial charge is 0.204 e. The maximum atomic E-state index is 13.5. The second kappa shape index (κ2) is 7.90. The lowest BCUT2D eigenvalue weighted by Gasteiger charge is -2.14. The zero-order chi connectivity index (χ0) is 18.6. The molecule has 0 aromatic heterocycles. The van der Waals surface area contributed by atoms with E-state index in [1.54, 1.807) is 6.07 Å². The first-order chi connectivity index (χ1) is 11.9. The van der Waals surface area contributed by atoms with E-state index in [0.29, 0.717) is 17.1 Å². The Kier molecular flexibility index (Phi) is 5.88. The molecule has 7 heteroatoms. The van der Waals surface area contributed by atoms with Crippen LogP contribution in [0.15, 0.2) is 30.3 Å². The van der Waals surface area contributed by atoms with Crippen LogP contribution in [-0.4, -0.2) is 32.2 Å². The highest BCUT2D eigenvalue weighted by molar-refractivity contribution is 6.32. The van der Waals surface area contributed by atoms with E-state index in [1.807, 2.05) is 0 Å². The van der Waals surface area contributed by atoms with E-state index in [9.17, 15) is 14.3 Å². The van der Waals surface area contributed by atoms with Crippen LogP contribution in [0.4, 0.5) is 4.39 Å². The van der Waals surface area contributed by atoms with Gasteiger partial charge in [-0.3, -0.25) is 4.79 Å². The maximum Gasteiger partial charge on any atom is 0.204 e. The minimum atomic E-state index is -0.872. The van der Waals surface area contributed by atoms with Crippen molar-refractivity contribution in [2.24, 2.45) is 0 Å². The van der Waals surface area contributed by atoms with Crippen LogP contribution in [0.5, 0.6) is 23.0 Å². The summed E-state index contributed by atoms with van der Waals surface area (Å²) in [5.41, 5.74) is 0.579. The minimum absolute atomic E-state index is 0.143. The quantitative estimate of drug-likeness (QED) is 0.615. The molecule has 5 nitrogen and oxygen atoms in total. The first-order valence-electron chi connectivity index (χ1n) is 7.12. The largest absolute Gasteiger partial charge is 0.504 e. The zero-order valence-electron chi connectivity index (χ0n) is 13.8. The standard InChI is InChI=1S/C18H16ClFO5/c1-23-15-7-5-11(17(24-2)18(15)25-3)14(21)6-4-10-8-12(19)16(22)13(20)9-10/h4-9,22H,1-3H3/b6-4+. The SMILES string of the molecule is COc1ccc(C(=O)/C=C/c2cc(F)c(O)c(Cl)c2)c(OC)c1OC. The highest BCUT2D eigenvalue weighted by Crippen LogP contribution is 2.40. The third kappa shape index (κ3) is 3.85. The van der Waals surface area contributed by atoms with Crippen LogP contribution < -0.4 is 14.2 Å². The Morgan fingerprint density at radius 2 is 1.80 bits per heavy atom. The Morgan fingerprint density at radius 3 is 2.36 bits per heavy atom. The molecule has 25 heavy (non-hydrogen) atoms. The summed E-state index contributed by atoms with van der Waals surface area (Å²) >= 11 is 5.71. The predicted molar refractivity (Wildman–Crippen MR) is 92.5 cm³/mol. The number of allylic oxidation sites excluding steroid dienone is 1. The van der Waals surface area contributed by atoms with E-state index in [1.165, 1.54) is 45.6 Å². The van der Waals surface area contributed by atoms with Crippen LogP contribution in [0, 0.1) is 5.82 Å². The predicted octanol–water partition coefficient (Wildman–Crippen LogP) is 4.11. The molecule has 1 N–H and O–H groups in total. The molecular weight excluding hydrogens is 351 g/mol. The molecule has 0 unspecified atom stereocenters. The van der Waals surface area contributed by atoms with Gasteiger partial charge in [0.15, 0.2) is 28.8 Å². The van der Waals surface area contributed by atoms with Crippen molar-refractivity contribution in [1.82, 2.24) is 0 Å². The summed E-state index contributed by atoms with van der Waals surface area (Å²) < 4.78 is 29.1. The number of phenolic OH excluding ortho intramolecular Hbond substituents is 1. The molecule has 0 saturated heterocycles. The average Bonchev–Trinajstić information content (AvgIpc) is 2.62. The first-order valence-corrected chi connectivity index (χ1v) is 7.50. The Bertz CT molecular complexity index is 809. The van der Waals surface area contributed by atoms with Gasteiger partial charge in [-0.05, 0) is 35.9 Å². The number of halogens is 2. The Labute approximate surface area is 149 Å². The van der Waals surface area contributed by atoms with E-state index < -0.39 is 11.6 Å². The van der Waals surface area contributed by atoms with Gasteiger partial charge in [0.25, 0.3) is 0 Å². The van der Waals surface area contributed by atoms with Crippen LogP contribution in [0.3, 0.4) is 0 Å². The summed E-state index contributed by atoms with van der Waals surface area (Å²) in [7, 11) is 4.32. The van der Waals surface area contributed by atoms with Gasteiger partial charge >= 0.3 is 0 Å². The summed E-state index contributed by atoms with van der Waals surface area (Å²) in [6, 6.07) is 5.53. The van der Waals surface area contributed by atoms with Gasteiger partial charge < -0.3 is 19.3 Å². The summed E-state index contributed by atoms with van der Waals surface area (Å²) in [6.45, 7) is 0. The first kappa shape index (κ1) is 18.6. The van der Waals surface area contributed by atoms with Crippen molar-refractivity contribution < 1.29 is 28.5 Å². The maximum absolute atomic E-state index is 13.5. The average molecular weight is 367 g/mol. The van der Waals surface area contributed by atoms with Crippen molar-refractivity contribution in [2.75, 3.05) is 21.3 Å². The molecule has 0 radical (unpaired) electrons. The second-order valence-corrected chi connectivity index (χ2v) is 5.32. The normalized spacial score (nSPS) is 10.8. The molecule has 132 valence electrons. The van der Waals surface area contributed by atoms with Crippen LogP contribution in [0.1, 0.15) is 15.9 Å². The van der Waals surface area contributed by atoms with Crippen LogP contribution >= 0.6 is 11.6 Å². The van der Waals surface area contributed by atoms with E-state index in [0.717, 1.165) is 6.07 Å². The monoisotopic (exact) mass is 366 g/mol. The Morgan fingerprint density at radius 1 is 1.12 bits per heavy atom. The van der Waals surface area contributed by atoms with Crippen molar-refractivity contribution >= 4 is 23.5 Å². The minimum Gasteiger partial charge on any atom is -0.504 e. The number of carbonyl (C=O) groups is 1. The molecule has 0 amide bonds. The molecule has 2 rings (SSSR count). The molecule has 0 aliphatic rings. The topological polar surface area (TPSA) is 65.0 Å². The van der Waals surface area contributed by atoms with Crippen molar-refractivity contribution in [3.05, 3.63) is 52.3 Å². The number of aromatic hydroxyl groups is 1. The third-order valence-electron chi connectivity index (χ3n) is 3.44. The molecule has 0 aliphatic carbocycles. The molecule has 0 bridgehead atoms. The van der Waals surface area contributed by atoms with Gasteiger partial charge in [-0.15, -0.1) is 0 Å². The number of benzene rings is 2. The van der Waals surface area contributed by atoms with Gasteiger partial charge in [-0.25, -0.2) is 4.39 Å². The zero-order valence-corrected chi connectivity index (χ0v) is 14.6. The van der Waals surface area contributed by atoms with E-state index in [4.69, 9.17) is 25.8 Å². The van der Waals surface area contributed by atoms with E-state index >= 15 is 0 Å². The summed E-state index contributed by atoms with van der Waals surface area (Å²) in [4.78, 5) is 12.5. The Hall–Kier alpha value is -2.73. The van der Waals surface area contributed by atoms with E-state index in [2.05, 4.69) is 0 Å². The van der Waals surface area contributed by atoms with Crippen LogP contribution in [0.25, 0.3) is 6.08 Å². The van der Waals surface area contributed by atoms with Crippen molar-refractivity contribution in [1.29, 1.82) is 0 Å². The van der Waals surface area contributed by atoms with Crippen molar-refractivity contribution in [3.8, 4) is 23.0 Å². The number of methoxy groups -OCH3 is 3. The Balaban J connectivity index is 2.38. The van der Waals surface area contributed by atoms with Gasteiger partial charge in [-0.1, -0.05) is 17.7 Å². The van der Waals surface area contributed by atoms with Gasteiger partial charge in [0.2, 0.25) is 5.75 Å². The fraction of sp³-hybridized carbons (Fsp3) is 0.167. The van der Waals surface area contributed by atoms with Gasteiger partial charge in [-0.2, -0.15) is 0 Å². The van der Waals surface area contributed by atoms with Crippen LogP contribution in [-0.2, 0) is 0 Å². The summed E-state index contributed by atoms with van der Waals surface area (Å²) in [5.74, 6) is -0.945. The number of carbonyl (C=O) groups excluding carboxylic acids is 1. The van der Waals surface area contributed by atoms with Gasteiger partial charge in [0.05, 0.1) is 31.9 Å². The number of rotatable bonds is 6. The molecule has 0 atom stereocenters. The highest BCUT2D eigenvalue weighted by Gasteiger charge is 2.19. The lowest BCUT2D eigenvalue weighted by atomic mass is 10.1. The number of phenols is 1. The fourth-order valence-electron chi connectivity index (χ4n) is 2.24. The molecule has 0 fully saturated rings. The molecular formula is C18H16ClFO5. The van der Waals surface area contributed by atoms with Gasteiger partial charge in [0, 0.05) is 0 Å². The number of hydrogen-bond acceptors (Lipinski definition) is 5. The molecule has 2 aromatic rings. The number of hydrogen-bond donors (Lipinski definition) is 1. The second-order valence-electron chi connectivity index (χ2n) is 4.91. The molecule has 0 spiro atoms. The molecule has 0 aliphatic heterocycles. The molecule has 0 heterocycles. The number of ketones is 1. The van der Waals surface area contributed by atoms with Crippen molar-refractivity contribution in [3.63, 3.8) is 0 Å². The van der Waals surface area contributed by atoms with E-state index in [-0.39, 0.29) is 22.1 Å². The lowest BCUT2D eigenvalue weighted by Crippen LogP contribution is -2.02. The molecule has 2 aromatic carbocycles. The fourth-order valence-corrected chi connectivity index (χ4v) is 2.45. The van der Waals surface area contributed by atoms with Crippen molar-refractivity contribution in [2.45, 2.75) is 0 Å². The lowest BCUT2D eigenvalue weighted by molar-refractivity contribution is 0.104. The number of ether oxygens (including phenoxy) is 3. The summed E-state index contributed by atoms with van der Waals surface area (Å²) in [5, 5.41) is 9.18. The van der Waals surface area contributed by atoms with Crippen LogP contribution in [0.2, 0.25) is 5.02 Å². The summed E-state index contributed by atoms with van der Waals surface area (Å²) in [6.07, 6.45) is 2.62. The third-order valence-corrected chi connectivity index (χ3v) is 3.72.